The molecular weight excluding hydrogens is 476 g/mol. The lowest BCUT2D eigenvalue weighted by Crippen LogP contribution is -2.51. The molecule has 3 unspecified atom stereocenters. The van der Waals surface area contributed by atoms with Crippen LogP contribution in [0.2, 0.25) is 0 Å². The number of carbonyl (C=O) groups excluding carboxylic acids is 1. The van der Waals surface area contributed by atoms with Gasteiger partial charge in [-0.1, -0.05) is 65.5 Å². The van der Waals surface area contributed by atoms with Gasteiger partial charge < -0.3 is 14.6 Å². The summed E-state index contributed by atoms with van der Waals surface area (Å²) in [6.45, 7) is 13.1. The van der Waals surface area contributed by atoms with Crippen LogP contribution in [0, 0.1) is 46.3 Å². The van der Waals surface area contributed by atoms with Crippen LogP contribution in [-0.2, 0) is 19.1 Å². The number of hydrogen-bond acceptors (Lipinski definition) is 4. The molecule has 5 heteroatoms. The van der Waals surface area contributed by atoms with Crippen molar-refractivity contribution in [2.75, 3.05) is 13.2 Å². The lowest BCUT2D eigenvalue weighted by atomic mass is 9.47. The SMILES string of the molecule is CC(C)CCC[C@@H](C)[C@H]1CCC2C3CC=C4C[C@@H](OCCOC(=O)CCC(=O)O)CC[C@]4(C)C3CC[C@@]21C. The van der Waals surface area contributed by atoms with E-state index in [9.17, 15) is 9.59 Å². The number of rotatable bonds is 12. The molecule has 0 aromatic heterocycles. The molecular formula is C33H54O5. The zero-order valence-electron chi connectivity index (χ0n) is 24.8. The fraction of sp³-hybridized carbons (Fsp3) is 0.879. The van der Waals surface area contributed by atoms with Crippen LogP contribution < -0.4 is 0 Å². The molecule has 0 aromatic rings. The summed E-state index contributed by atoms with van der Waals surface area (Å²) in [5.41, 5.74) is 2.46. The second-order valence-corrected chi connectivity index (χ2v) is 14.1. The second kappa shape index (κ2) is 12.4. The second-order valence-electron chi connectivity index (χ2n) is 14.1. The van der Waals surface area contributed by atoms with E-state index in [4.69, 9.17) is 14.6 Å². The van der Waals surface area contributed by atoms with Crippen LogP contribution in [0.5, 0.6) is 0 Å². The zero-order chi connectivity index (χ0) is 27.5. The van der Waals surface area contributed by atoms with Gasteiger partial charge in [-0.3, -0.25) is 9.59 Å². The van der Waals surface area contributed by atoms with Gasteiger partial charge in [-0.05, 0) is 97.7 Å². The summed E-state index contributed by atoms with van der Waals surface area (Å²) < 4.78 is 11.3. The summed E-state index contributed by atoms with van der Waals surface area (Å²) in [6.07, 6.45) is 16.9. The van der Waals surface area contributed by atoms with Crippen molar-refractivity contribution in [1.82, 2.24) is 0 Å². The van der Waals surface area contributed by atoms with E-state index < -0.39 is 11.9 Å². The minimum Gasteiger partial charge on any atom is -0.481 e. The van der Waals surface area contributed by atoms with Gasteiger partial charge in [0.15, 0.2) is 0 Å². The number of aliphatic carboxylic acids is 1. The molecule has 4 aliphatic carbocycles. The molecule has 0 amide bonds. The molecule has 5 nitrogen and oxygen atoms in total. The van der Waals surface area contributed by atoms with Gasteiger partial charge in [-0.15, -0.1) is 0 Å². The molecule has 0 aliphatic heterocycles. The first kappa shape index (κ1) is 29.6. The molecule has 0 saturated heterocycles. The van der Waals surface area contributed by atoms with Gasteiger partial charge >= 0.3 is 11.9 Å². The Morgan fingerprint density at radius 2 is 1.79 bits per heavy atom. The maximum absolute atomic E-state index is 11.6. The van der Waals surface area contributed by atoms with E-state index in [1.165, 1.54) is 57.8 Å². The quantitative estimate of drug-likeness (QED) is 0.158. The number of carboxylic acids is 1. The molecule has 4 rings (SSSR count). The van der Waals surface area contributed by atoms with Gasteiger partial charge in [0, 0.05) is 0 Å². The minimum absolute atomic E-state index is 0.0790. The lowest BCUT2D eigenvalue weighted by molar-refractivity contribution is -0.149. The van der Waals surface area contributed by atoms with Crippen LogP contribution in [0.3, 0.4) is 0 Å². The van der Waals surface area contributed by atoms with E-state index in [-0.39, 0.29) is 25.6 Å². The molecule has 1 N–H and O–H groups in total. The predicted molar refractivity (Wildman–Crippen MR) is 151 cm³/mol. The molecule has 0 spiro atoms. The number of carboxylic acid groups (broad SMARTS) is 1. The highest BCUT2D eigenvalue weighted by atomic mass is 16.6. The third-order valence-electron chi connectivity index (χ3n) is 11.5. The maximum Gasteiger partial charge on any atom is 0.306 e. The maximum atomic E-state index is 11.6. The number of hydrogen-bond donors (Lipinski definition) is 1. The van der Waals surface area contributed by atoms with Crippen LogP contribution in [-0.4, -0.2) is 36.4 Å². The zero-order valence-corrected chi connectivity index (χ0v) is 24.8. The molecule has 0 bridgehead atoms. The van der Waals surface area contributed by atoms with Crippen molar-refractivity contribution in [3.05, 3.63) is 11.6 Å². The standard InChI is InChI=1S/C33H54O5/c1-22(2)7-6-8-23(3)27-11-12-28-26-10-9-24-21-25(37-19-20-38-31(36)14-13-30(34)35)15-17-32(24,4)29(26)16-18-33(27,28)5/h9,22-23,25-29H,6-8,10-21H2,1-5H3,(H,34,35)/t23-,25+,26?,27-,28?,29?,32+,33-/m1/s1. The van der Waals surface area contributed by atoms with Crippen molar-refractivity contribution < 1.29 is 24.2 Å². The van der Waals surface area contributed by atoms with Gasteiger partial charge in [-0.25, -0.2) is 0 Å². The normalized spacial score (nSPS) is 37.1. The van der Waals surface area contributed by atoms with E-state index in [1.807, 2.05) is 0 Å². The highest BCUT2D eigenvalue weighted by molar-refractivity contribution is 5.76. The van der Waals surface area contributed by atoms with Crippen LogP contribution in [0.25, 0.3) is 0 Å². The number of fused-ring (bicyclic) bond motifs is 5. The van der Waals surface area contributed by atoms with Gasteiger partial charge in [-0.2, -0.15) is 0 Å². The molecule has 8 atom stereocenters. The molecule has 3 saturated carbocycles. The van der Waals surface area contributed by atoms with Crippen LogP contribution in [0.15, 0.2) is 11.6 Å². The summed E-state index contributed by atoms with van der Waals surface area (Å²) in [4.78, 5) is 22.2. The largest absolute Gasteiger partial charge is 0.481 e. The summed E-state index contributed by atoms with van der Waals surface area (Å²) in [7, 11) is 0. The first-order valence-corrected chi connectivity index (χ1v) is 15.7. The van der Waals surface area contributed by atoms with Gasteiger partial charge in [0.1, 0.15) is 6.61 Å². The Kier molecular flexibility index (Phi) is 9.69. The van der Waals surface area contributed by atoms with Crippen molar-refractivity contribution in [2.45, 2.75) is 124 Å². The Morgan fingerprint density at radius 3 is 2.53 bits per heavy atom. The first-order valence-electron chi connectivity index (χ1n) is 15.7. The van der Waals surface area contributed by atoms with Crippen molar-refractivity contribution in [3.8, 4) is 0 Å². The number of ether oxygens (including phenoxy) is 2. The van der Waals surface area contributed by atoms with Gasteiger partial charge in [0.25, 0.3) is 0 Å². The summed E-state index contributed by atoms with van der Waals surface area (Å²) >= 11 is 0. The highest BCUT2D eigenvalue weighted by Gasteiger charge is 2.59. The molecule has 216 valence electrons. The Bertz CT molecular complexity index is 863. The van der Waals surface area contributed by atoms with Gasteiger partial charge in [0.05, 0.1) is 25.6 Å². The summed E-state index contributed by atoms with van der Waals surface area (Å²) in [5.74, 6) is 3.69. The third kappa shape index (κ3) is 6.34. The van der Waals surface area contributed by atoms with Crippen molar-refractivity contribution >= 4 is 11.9 Å². The molecule has 4 aliphatic rings. The Balaban J connectivity index is 1.30. The van der Waals surface area contributed by atoms with E-state index in [2.05, 4.69) is 40.7 Å². The molecule has 38 heavy (non-hydrogen) atoms. The summed E-state index contributed by atoms with van der Waals surface area (Å²) in [6, 6.07) is 0. The number of allylic oxidation sites excluding steroid dienone is 1. The number of esters is 1. The monoisotopic (exact) mass is 530 g/mol. The molecule has 0 radical (unpaired) electrons. The minimum atomic E-state index is -0.978. The summed E-state index contributed by atoms with van der Waals surface area (Å²) in [5, 5.41) is 8.69. The van der Waals surface area contributed by atoms with E-state index in [0.29, 0.717) is 17.4 Å². The fourth-order valence-electron chi connectivity index (χ4n) is 9.45. The molecule has 0 aromatic carbocycles. The van der Waals surface area contributed by atoms with E-state index in [1.54, 1.807) is 5.57 Å². The van der Waals surface area contributed by atoms with Crippen molar-refractivity contribution in [2.24, 2.45) is 46.3 Å². The van der Waals surface area contributed by atoms with E-state index in [0.717, 1.165) is 48.3 Å². The third-order valence-corrected chi connectivity index (χ3v) is 11.5. The number of carbonyl (C=O) groups is 2. The van der Waals surface area contributed by atoms with Crippen molar-refractivity contribution in [1.29, 1.82) is 0 Å². The first-order chi connectivity index (χ1) is 18.0. The van der Waals surface area contributed by atoms with Gasteiger partial charge in [0.2, 0.25) is 0 Å². The molecule has 3 fully saturated rings. The lowest BCUT2D eigenvalue weighted by Gasteiger charge is -2.58. The van der Waals surface area contributed by atoms with Crippen LogP contribution in [0.1, 0.15) is 118 Å². The Hall–Kier alpha value is -1.36. The average molecular weight is 531 g/mol. The van der Waals surface area contributed by atoms with Crippen LogP contribution in [0.4, 0.5) is 0 Å². The Morgan fingerprint density at radius 1 is 1.00 bits per heavy atom. The average Bonchev–Trinajstić information content (AvgIpc) is 3.22. The highest BCUT2D eigenvalue weighted by Crippen LogP contribution is 2.67. The van der Waals surface area contributed by atoms with Crippen LogP contribution >= 0.6 is 0 Å². The fourth-order valence-corrected chi connectivity index (χ4v) is 9.45. The predicted octanol–water partition coefficient (Wildman–Crippen LogP) is 7.82. The van der Waals surface area contributed by atoms with E-state index >= 15 is 0 Å². The molecule has 0 heterocycles. The topological polar surface area (TPSA) is 72.8 Å². The Labute approximate surface area is 231 Å². The smallest absolute Gasteiger partial charge is 0.306 e. The van der Waals surface area contributed by atoms with Crippen molar-refractivity contribution in [3.63, 3.8) is 0 Å².